The van der Waals surface area contributed by atoms with E-state index in [1.54, 1.807) is 16.5 Å². The summed E-state index contributed by atoms with van der Waals surface area (Å²) in [6.45, 7) is 10.5. The summed E-state index contributed by atoms with van der Waals surface area (Å²) >= 11 is 1.53. The normalized spacial score (nSPS) is 17.0. The van der Waals surface area contributed by atoms with E-state index < -0.39 is 18.2 Å². The number of carbonyl (C=O) groups is 3. The molecule has 302 valence electrons. The van der Waals surface area contributed by atoms with Gasteiger partial charge in [0.2, 0.25) is 11.8 Å². The van der Waals surface area contributed by atoms with Crippen molar-refractivity contribution < 1.29 is 43.2 Å². The smallest absolute Gasteiger partial charge is 0.255 e. The molecule has 3 aromatic rings. The zero-order chi connectivity index (χ0) is 38.5. The lowest BCUT2D eigenvalue weighted by Crippen LogP contribution is -2.55. The predicted octanol–water partition coefficient (Wildman–Crippen LogP) is 3.20. The van der Waals surface area contributed by atoms with Crippen LogP contribution in [0.25, 0.3) is 10.4 Å². The topological polar surface area (TPSA) is 175 Å². The average Bonchev–Trinajstić information content (AvgIpc) is 3.87. The van der Waals surface area contributed by atoms with Gasteiger partial charge in [-0.1, -0.05) is 44.2 Å². The molecule has 1 saturated heterocycles. The zero-order valence-corrected chi connectivity index (χ0v) is 33.4. The number of likely N-dealkylation sites (tertiary alicyclic amines) is 1. The van der Waals surface area contributed by atoms with Gasteiger partial charge in [-0.3, -0.25) is 14.4 Å². The second-order valence-electron chi connectivity index (χ2n) is 13.6. The highest BCUT2D eigenvalue weighted by molar-refractivity contribution is 7.13. The summed E-state index contributed by atoms with van der Waals surface area (Å²) in [4.78, 5) is 49.7. The largest absolute Gasteiger partial charge is 0.491 e. The SMILES string of the molecule is Cc1ncsc1-c1ccc(CNC(=O)[C@@H]2C[C@@H](O)CN2C(=O)[C@H](C(C)C)N2Cc3ccccc3C2=O)c(OCCOCCOCCOCCOCCN)c1.Cl. The van der Waals surface area contributed by atoms with Crippen LogP contribution < -0.4 is 15.8 Å². The standard InChI is InChI=1S/C39H53N5O9S.ClH/c1-26(2)35(44-23-30-6-4-5-7-32(30)38(44)47)39(48)43-24-31(45)21-33(43)37(46)41-22-29-9-8-28(36-27(3)42-25-54-36)20-34(29)53-19-18-52-17-16-51-15-14-50-13-12-49-11-10-40;/h4-9,20,25-26,31,33,35,45H,10-19,21-24,40H2,1-3H3,(H,41,46);1H/t31-,33+,35+;/m1./s1. The first-order valence-corrected chi connectivity index (χ1v) is 19.4. The van der Waals surface area contributed by atoms with Crippen LogP contribution >= 0.6 is 23.7 Å². The molecule has 16 heteroatoms. The number of benzene rings is 2. The molecule has 1 fully saturated rings. The Labute approximate surface area is 333 Å². The van der Waals surface area contributed by atoms with Crippen LogP contribution in [0, 0.1) is 12.8 Å². The molecule has 3 heterocycles. The summed E-state index contributed by atoms with van der Waals surface area (Å²) in [6.07, 6.45) is -0.767. The predicted molar refractivity (Wildman–Crippen MR) is 210 cm³/mol. The van der Waals surface area contributed by atoms with E-state index in [0.29, 0.717) is 77.3 Å². The number of carbonyl (C=O) groups excluding carboxylic acids is 3. The van der Waals surface area contributed by atoms with Gasteiger partial charge in [-0.05, 0) is 36.1 Å². The highest BCUT2D eigenvalue weighted by Gasteiger charge is 2.45. The number of aromatic nitrogens is 1. The summed E-state index contributed by atoms with van der Waals surface area (Å²) in [7, 11) is 0. The molecule has 0 radical (unpaired) electrons. The van der Waals surface area contributed by atoms with E-state index >= 15 is 0 Å². The monoisotopic (exact) mass is 803 g/mol. The molecule has 2 aliphatic rings. The summed E-state index contributed by atoms with van der Waals surface area (Å²) in [5.41, 5.74) is 11.2. The molecule has 0 bridgehead atoms. The molecule has 0 aliphatic carbocycles. The number of halogens is 1. The molecule has 0 spiro atoms. The van der Waals surface area contributed by atoms with Gasteiger partial charge in [0.15, 0.2) is 0 Å². The lowest BCUT2D eigenvalue weighted by molar-refractivity contribution is -0.143. The molecule has 55 heavy (non-hydrogen) atoms. The number of ether oxygens (including phenoxy) is 5. The summed E-state index contributed by atoms with van der Waals surface area (Å²) in [6, 6.07) is 11.5. The second-order valence-corrected chi connectivity index (χ2v) is 14.4. The molecule has 3 atom stereocenters. The Morgan fingerprint density at radius 2 is 1.64 bits per heavy atom. The quantitative estimate of drug-likeness (QED) is 0.127. The molecule has 2 aliphatic heterocycles. The van der Waals surface area contributed by atoms with Crippen LogP contribution in [0.5, 0.6) is 5.75 Å². The minimum Gasteiger partial charge on any atom is -0.491 e. The van der Waals surface area contributed by atoms with Crippen molar-refractivity contribution in [1.29, 1.82) is 0 Å². The fourth-order valence-electron chi connectivity index (χ4n) is 6.67. The van der Waals surface area contributed by atoms with Crippen LogP contribution in [-0.2, 0) is 41.6 Å². The number of β-amino-alcohol motifs (C(OH)–C–C–N with tert-alkyl or cyclic N) is 1. The molecular formula is C39H54ClN5O9S. The molecule has 0 saturated carbocycles. The van der Waals surface area contributed by atoms with Crippen LogP contribution in [0.2, 0.25) is 0 Å². The Morgan fingerprint density at radius 3 is 2.25 bits per heavy atom. The van der Waals surface area contributed by atoms with Crippen molar-refractivity contribution in [1.82, 2.24) is 20.1 Å². The summed E-state index contributed by atoms with van der Waals surface area (Å²) in [5.74, 6) is -0.575. The van der Waals surface area contributed by atoms with E-state index in [2.05, 4.69) is 10.3 Å². The van der Waals surface area contributed by atoms with Gasteiger partial charge in [-0.25, -0.2) is 4.98 Å². The average molecular weight is 804 g/mol. The third kappa shape index (κ3) is 11.9. The zero-order valence-electron chi connectivity index (χ0n) is 31.8. The summed E-state index contributed by atoms with van der Waals surface area (Å²) < 4.78 is 28.2. The van der Waals surface area contributed by atoms with Crippen molar-refractivity contribution in [2.24, 2.45) is 11.7 Å². The number of nitrogens with two attached hydrogens (primary N) is 1. The molecule has 0 unspecified atom stereocenters. The van der Waals surface area contributed by atoms with Crippen LogP contribution in [0.4, 0.5) is 0 Å². The van der Waals surface area contributed by atoms with Gasteiger partial charge in [-0.2, -0.15) is 0 Å². The number of aliphatic hydroxyl groups is 1. The molecule has 5 rings (SSSR count). The molecule has 3 amide bonds. The van der Waals surface area contributed by atoms with E-state index in [9.17, 15) is 19.5 Å². The Bertz CT molecular complexity index is 1690. The maximum absolute atomic E-state index is 14.1. The lowest BCUT2D eigenvalue weighted by atomic mass is 10.0. The minimum absolute atomic E-state index is 0. The Hall–Kier alpha value is -3.67. The lowest BCUT2D eigenvalue weighted by Gasteiger charge is -2.35. The number of rotatable bonds is 22. The molecule has 2 aromatic carbocycles. The van der Waals surface area contributed by atoms with Crippen molar-refractivity contribution in [3.05, 3.63) is 70.4 Å². The molecular weight excluding hydrogens is 750 g/mol. The highest BCUT2D eigenvalue weighted by Crippen LogP contribution is 2.33. The van der Waals surface area contributed by atoms with Crippen molar-refractivity contribution in [3.8, 4) is 16.2 Å². The molecule has 14 nitrogen and oxygen atoms in total. The van der Waals surface area contributed by atoms with Crippen molar-refractivity contribution in [2.45, 2.75) is 58.5 Å². The van der Waals surface area contributed by atoms with E-state index in [4.69, 9.17) is 29.4 Å². The number of hydrogen-bond donors (Lipinski definition) is 3. The fraction of sp³-hybridized carbons (Fsp3) is 0.538. The van der Waals surface area contributed by atoms with Gasteiger partial charge in [0.25, 0.3) is 5.91 Å². The number of aryl methyl sites for hydroxylation is 1. The number of amides is 3. The van der Waals surface area contributed by atoms with Crippen molar-refractivity contribution >= 4 is 41.5 Å². The van der Waals surface area contributed by atoms with Crippen molar-refractivity contribution in [3.63, 3.8) is 0 Å². The van der Waals surface area contributed by atoms with Crippen LogP contribution in [0.3, 0.4) is 0 Å². The van der Waals surface area contributed by atoms with Crippen molar-refractivity contribution in [2.75, 3.05) is 72.6 Å². The Kier molecular flexibility index (Phi) is 17.8. The number of aliphatic hydroxyl groups excluding tert-OH is 1. The maximum atomic E-state index is 14.1. The number of fused-ring (bicyclic) bond motifs is 1. The highest BCUT2D eigenvalue weighted by atomic mass is 35.5. The van der Waals surface area contributed by atoms with E-state index in [1.807, 2.05) is 57.2 Å². The van der Waals surface area contributed by atoms with Gasteiger partial charge < -0.3 is 49.6 Å². The third-order valence-electron chi connectivity index (χ3n) is 9.33. The Morgan fingerprint density at radius 1 is 0.982 bits per heavy atom. The van der Waals surface area contributed by atoms with Gasteiger partial charge in [-0.15, -0.1) is 23.7 Å². The van der Waals surface area contributed by atoms with Gasteiger partial charge in [0.1, 0.15) is 24.4 Å². The van der Waals surface area contributed by atoms with Gasteiger partial charge in [0.05, 0.1) is 75.0 Å². The first-order valence-electron chi connectivity index (χ1n) is 18.5. The second kappa shape index (κ2) is 22.2. The first kappa shape index (κ1) is 44.0. The van der Waals surface area contributed by atoms with Gasteiger partial charge >= 0.3 is 0 Å². The third-order valence-corrected chi connectivity index (χ3v) is 10.3. The minimum atomic E-state index is -0.894. The molecule has 4 N–H and O–H groups in total. The number of nitrogens with zero attached hydrogens (tertiary/aromatic N) is 3. The number of nitrogens with one attached hydrogen (secondary N) is 1. The number of hydrogen-bond acceptors (Lipinski definition) is 12. The fourth-order valence-corrected chi connectivity index (χ4v) is 7.47. The first-order chi connectivity index (χ1) is 26.2. The van der Waals surface area contributed by atoms with E-state index in [-0.39, 0.29) is 62.2 Å². The van der Waals surface area contributed by atoms with E-state index in [1.165, 1.54) is 16.2 Å². The number of thiazole rings is 1. The van der Waals surface area contributed by atoms with Crippen LogP contribution in [-0.4, -0.2) is 128 Å². The van der Waals surface area contributed by atoms with Crippen LogP contribution in [0.15, 0.2) is 48.0 Å². The summed E-state index contributed by atoms with van der Waals surface area (Å²) in [5, 5.41) is 13.6. The Balaban J connectivity index is 0.00000673. The maximum Gasteiger partial charge on any atom is 0.255 e. The van der Waals surface area contributed by atoms with Crippen LogP contribution in [0.1, 0.15) is 47.4 Å². The molecule has 1 aromatic heterocycles. The van der Waals surface area contributed by atoms with E-state index in [0.717, 1.165) is 27.3 Å². The van der Waals surface area contributed by atoms with Gasteiger partial charge in [0, 0.05) is 43.7 Å².